The van der Waals surface area contributed by atoms with Gasteiger partial charge in [0, 0.05) is 6.61 Å². The molecule has 0 aliphatic rings. The first-order valence-corrected chi connectivity index (χ1v) is 7.51. The van der Waals surface area contributed by atoms with Gasteiger partial charge in [0.1, 0.15) is 0 Å². The summed E-state index contributed by atoms with van der Waals surface area (Å²) in [6.45, 7) is 6.88. The van der Waals surface area contributed by atoms with Crippen molar-refractivity contribution in [1.29, 1.82) is 0 Å². The standard InChI is InChI=1S/C15H30O4/c1-4-7-9-15(6-3,14(17)18)11-13(16)12-19-10-8-5-2/h13,16H,4-12H2,1-3H3,(H,17,18). The van der Waals surface area contributed by atoms with Crippen LogP contribution in [0.2, 0.25) is 0 Å². The zero-order chi connectivity index (χ0) is 14.7. The Morgan fingerprint density at radius 1 is 1.21 bits per heavy atom. The molecule has 0 radical (unpaired) electrons. The molecule has 2 unspecified atom stereocenters. The summed E-state index contributed by atoms with van der Waals surface area (Å²) in [4.78, 5) is 11.5. The monoisotopic (exact) mass is 274 g/mol. The van der Waals surface area contributed by atoms with Gasteiger partial charge in [0.2, 0.25) is 0 Å². The minimum Gasteiger partial charge on any atom is -0.481 e. The van der Waals surface area contributed by atoms with Crippen LogP contribution in [0.1, 0.15) is 65.7 Å². The summed E-state index contributed by atoms with van der Waals surface area (Å²) in [6, 6.07) is 0. The fourth-order valence-corrected chi connectivity index (χ4v) is 2.26. The van der Waals surface area contributed by atoms with E-state index in [9.17, 15) is 15.0 Å². The molecule has 0 aromatic rings. The summed E-state index contributed by atoms with van der Waals surface area (Å²) >= 11 is 0. The first-order valence-electron chi connectivity index (χ1n) is 7.51. The van der Waals surface area contributed by atoms with E-state index in [1.807, 2.05) is 13.8 Å². The molecule has 19 heavy (non-hydrogen) atoms. The average molecular weight is 274 g/mol. The van der Waals surface area contributed by atoms with Crippen molar-refractivity contribution >= 4 is 5.97 Å². The number of aliphatic hydroxyl groups is 1. The Morgan fingerprint density at radius 2 is 1.84 bits per heavy atom. The molecule has 0 rings (SSSR count). The third kappa shape index (κ3) is 6.92. The summed E-state index contributed by atoms with van der Waals surface area (Å²) in [7, 11) is 0. The molecule has 0 aromatic heterocycles. The third-order valence-corrected chi connectivity index (χ3v) is 3.72. The minimum atomic E-state index is -0.802. The van der Waals surface area contributed by atoms with Crippen molar-refractivity contribution in [2.24, 2.45) is 5.41 Å². The average Bonchev–Trinajstić information content (AvgIpc) is 2.39. The van der Waals surface area contributed by atoms with Crippen molar-refractivity contribution in [1.82, 2.24) is 0 Å². The molecular weight excluding hydrogens is 244 g/mol. The fourth-order valence-electron chi connectivity index (χ4n) is 2.26. The van der Waals surface area contributed by atoms with Crippen LogP contribution in [0, 0.1) is 5.41 Å². The van der Waals surface area contributed by atoms with Crippen molar-refractivity contribution in [2.75, 3.05) is 13.2 Å². The van der Waals surface area contributed by atoms with Crippen LogP contribution in [0.25, 0.3) is 0 Å². The molecule has 0 aliphatic carbocycles. The number of rotatable bonds is 12. The second-order valence-electron chi connectivity index (χ2n) is 5.33. The van der Waals surface area contributed by atoms with Crippen LogP contribution in [0.3, 0.4) is 0 Å². The number of aliphatic carboxylic acids is 1. The lowest BCUT2D eigenvalue weighted by Crippen LogP contribution is -2.36. The fraction of sp³-hybridized carbons (Fsp3) is 0.933. The van der Waals surface area contributed by atoms with Gasteiger partial charge in [0.25, 0.3) is 0 Å². The van der Waals surface area contributed by atoms with E-state index in [-0.39, 0.29) is 13.0 Å². The van der Waals surface area contributed by atoms with Crippen LogP contribution in [0.15, 0.2) is 0 Å². The van der Waals surface area contributed by atoms with Crippen LogP contribution in [0.5, 0.6) is 0 Å². The first-order chi connectivity index (χ1) is 9.02. The van der Waals surface area contributed by atoms with Gasteiger partial charge in [-0.1, -0.05) is 40.0 Å². The smallest absolute Gasteiger partial charge is 0.309 e. The van der Waals surface area contributed by atoms with Crippen LogP contribution in [0.4, 0.5) is 0 Å². The van der Waals surface area contributed by atoms with Crippen LogP contribution in [-0.4, -0.2) is 35.5 Å². The first kappa shape index (κ1) is 18.4. The Bertz CT molecular complexity index is 242. The maximum Gasteiger partial charge on any atom is 0.309 e. The van der Waals surface area contributed by atoms with Crippen LogP contribution in [-0.2, 0) is 9.53 Å². The number of hydrogen-bond acceptors (Lipinski definition) is 3. The largest absolute Gasteiger partial charge is 0.481 e. The van der Waals surface area contributed by atoms with Gasteiger partial charge in [-0.05, 0) is 25.7 Å². The van der Waals surface area contributed by atoms with Crippen molar-refractivity contribution in [3.63, 3.8) is 0 Å². The molecule has 0 saturated heterocycles. The highest BCUT2D eigenvalue weighted by molar-refractivity contribution is 5.74. The molecule has 2 N–H and O–H groups in total. The number of carboxylic acids is 1. The molecule has 0 saturated carbocycles. The molecule has 0 aromatic carbocycles. The van der Waals surface area contributed by atoms with E-state index in [1.54, 1.807) is 0 Å². The van der Waals surface area contributed by atoms with Crippen LogP contribution >= 0.6 is 0 Å². The minimum absolute atomic E-state index is 0.237. The molecule has 0 fully saturated rings. The summed E-state index contributed by atoms with van der Waals surface area (Å²) in [5.74, 6) is -0.795. The van der Waals surface area contributed by atoms with Gasteiger partial charge in [0.05, 0.1) is 18.1 Å². The zero-order valence-electron chi connectivity index (χ0n) is 12.7. The molecule has 0 heterocycles. The van der Waals surface area contributed by atoms with Gasteiger partial charge in [-0.25, -0.2) is 0 Å². The molecule has 114 valence electrons. The van der Waals surface area contributed by atoms with E-state index >= 15 is 0 Å². The molecular formula is C15H30O4. The third-order valence-electron chi connectivity index (χ3n) is 3.72. The van der Waals surface area contributed by atoms with Gasteiger partial charge >= 0.3 is 5.97 Å². The maximum absolute atomic E-state index is 11.5. The highest BCUT2D eigenvalue weighted by atomic mass is 16.5. The molecule has 4 heteroatoms. The molecule has 0 amide bonds. The number of carbonyl (C=O) groups is 1. The Kier molecular flexibility index (Phi) is 9.88. The molecule has 2 atom stereocenters. The molecule has 0 spiro atoms. The second-order valence-corrected chi connectivity index (χ2v) is 5.33. The predicted molar refractivity (Wildman–Crippen MR) is 76.2 cm³/mol. The lowest BCUT2D eigenvalue weighted by molar-refractivity contribution is -0.152. The normalized spacial score (nSPS) is 16.0. The highest BCUT2D eigenvalue weighted by Crippen LogP contribution is 2.34. The lowest BCUT2D eigenvalue weighted by Gasteiger charge is -2.30. The number of hydrogen-bond donors (Lipinski definition) is 2. The van der Waals surface area contributed by atoms with Crippen molar-refractivity contribution < 1.29 is 19.7 Å². The molecule has 0 bridgehead atoms. The van der Waals surface area contributed by atoms with E-state index in [1.165, 1.54) is 0 Å². The highest BCUT2D eigenvalue weighted by Gasteiger charge is 2.37. The lowest BCUT2D eigenvalue weighted by atomic mass is 9.76. The topological polar surface area (TPSA) is 66.8 Å². The number of aliphatic hydroxyl groups excluding tert-OH is 1. The zero-order valence-corrected chi connectivity index (χ0v) is 12.7. The maximum atomic E-state index is 11.5. The number of unbranched alkanes of at least 4 members (excludes halogenated alkanes) is 2. The number of carboxylic acid groups (broad SMARTS) is 1. The van der Waals surface area contributed by atoms with E-state index < -0.39 is 17.5 Å². The van der Waals surface area contributed by atoms with Crippen molar-refractivity contribution in [2.45, 2.75) is 71.8 Å². The van der Waals surface area contributed by atoms with E-state index in [4.69, 9.17) is 4.74 Å². The Balaban J connectivity index is 4.33. The quantitative estimate of drug-likeness (QED) is 0.536. The Hall–Kier alpha value is -0.610. The summed E-state index contributed by atoms with van der Waals surface area (Å²) in [6.07, 6.45) is 4.65. The second kappa shape index (κ2) is 10.2. The molecule has 4 nitrogen and oxygen atoms in total. The van der Waals surface area contributed by atoms with Gasteiger partial charge in [-0.2, -0.15) is 0 Å². The Morgan fingerprint density at radius 3 is 2.32 bits per heavy atom. The predicted octanol–water partition coefficient (Wildman–Crippen LogP) is 3.23. The van der Waals surface area contributed by atoms with Crippen LogP contribution < -0.4 is 0 Å². The van der Waals surface area contributed by atoms with Crippen molar-refractivity contribution in [3.8, 4) is 0 Å². The SMILES string of the molecule is CCCCOCC(O)CC(CC)(CCCC)C(=O)O. The van der Waals surface area contributed by atoms with E-state index in [0.717, 1.165) is 25.7 Å². The van der Waals surface area contributed by atoms with Gasteiger partial charge in [-0.3, -0.25) is 4.79 Å². The van der Waals surface area contributed by atoms with Gasteiger partial charge < -0.3 is 14.9 Å². The molecule has 0 aliphatic heterocycles. The Labute approximate surface area is 117 Å². The summed E-state index contributed by atoms with van der Waals surface area (Å²) in [5.41, 5.74) is -0.802. The van der Waals surface area contributed by atoms with Crippen molar-refractivity contribution in [3.05, 3.63) is 0 Å². The van der Waals surface area contributed by atoms with Gasteiger partial charge in [0.15, 0.2) is 0 Å². The number of ether oxygens (including phenoxy) is 1. The van der Waals surface area contributed by atoms with Gasteiger partial charge in [-0.15, -0.1) is 0 Å². The summed E-state index contributed by atoms with van der Waals surface area (Å²) < 4.78 is 5.37. The van der Waals surface area contributed by atoms with E-state index in [0.29, 0.717) is 19.4 Å². The summed E-state index contributed by atoms with van der Waals surface area (Å²) in [5, 5.41) is 19.4. The van der Waals surface area contributed by atoms with E-state index in [2.05, 4.69) is 6.92 Å².